The number of aryl methyl sites for hydroxylation is 3. The number of anilines is 1. The number of ether oxygens (including phenoxy) is 1. The van der Waals surface area contributed by atoms with Gasteiger partial charge in [0.15, 0.2) is 6.10 Å². The molecule has 1 aliphatic rings. The fourth-order valence-electron chi connectivity index (χ4n) is 2.75. The number of fused-ring (bicyclic) bond motifs is 1. The lowest BCUT2D eigenvalue weighted by atomic mass is 10.00. The van der Waals surface area contributed by atoms with Crippen LogP contribution in [0, 0.1) is 6.92 Å². The van der Waals surface area contributed by atoms with Crippen LogP contribution in [0.5, 0.6) is 5.75 Å². The minimum absolute atomic E-state index is 0.0906. The van der Waals surface area contributed by atoms with Crippen LogP contribution in [0.3, 0.4) is 0 Å². The molecule has 4 nitrogen and oxygen atoms in total. The van der Waals surface area contributed by atoms with E-state index in [0.717, 1.165) is 29.8 Å². The zero-order valence-corrected chi connectivity index (χ0v) is 12.9. The van der Waals surface area contributed by atoms with Crippen LogP contribution < -0.4 is 10.1 Å². The summed E-state index contributed by atoms with van der Waals surface area (Å²) in [6.07, 6.45) is 5.44. The highest BCUT2D eigenvalue weighted by molar-refractivity contribution is 5.95. The molecule has 1 aliphatic heterocycles. The summed E-state index contributed by atoms with van der Waals surface area (Å²) in [5, 5.41) is 2.97. The molecule has 114 valence electrons. The number of carbonyl (C=O) groups excluding carboxylic acids is 1. The number of hydrogen-bond donors (Lipinski definition) is 1. The molecule has 0 aliphatic carbocycles. The standard InChI is InChI=1S/C18H20N2O2/c1-3-13-11-19-9-8-15(13)20-18(21)17-7-5-14-10-12(2)4-6-16(14)22-17/h4,6,8-11,17H,3,5,7H2,1-2H3,(H,19,20,21). The van der Waals surface area contributed by atoms with Gasteiger partial charge in [-0.2, -0.15) is 0 Å². The SMILES string of the molecule is CCc1cnccc1NC(=O)C1CCc2cc(C)ccc2O1. The maximum atomic E-state index is 12.5. The van der Waals surface area contributed by atoms with Gasteiger partial charge in [-0.15, -0.1) is 0 Å². The van der Waals surface area contributed by atoms with Crippen LogP contribution >= 0.6 is 0 Å². The van der Waals surface area contributed by atoms with E-state index in [-0.39, 0.29) is 5.91 Å². The molecule has 1 unspecified atom stereocenters. The number of benzene rings is 1. The minimum Gasteiger partial charge on any atom is -0.480 e. The van der Waals surface area contributed by atoms with Crippen molar-refractivity contribution in [2.75, 3.05) is 5.32 Å². The van der Waals surface area contributed by atoms with Crippen LogP contribution in [-0.4, -0.2) is 17.0 Å². The predicted molar refractivity (Wildman–Crippen MR) is 86.2 cm³/mol. The Balaban J connectivity index is 1.73. The molecule has 2 heterocycles. The highest BCUT2D eigenvalue weighted by atomic mass is 16.5. The summed E-state index contributed by atoms with van der Waals surface area (Å²) in [4.78, 5) is 16.5. The third-order valence-electron chi connectivity index (χ3n) is 4.00. The Hall–Kier alpha value is -2.36. The number of rotatable bonds is 3. The summed E-state index contributed by atoms with van der Waals surface area (Å²) in [7, 11) is 0. The first-order chi connectivity index (χ1) is 10.7. The van der Waals surface area contributed by atoms with E-state index >= 15 is 0 Å². The lowest BCUT2D eigenvalue weighted by Gasteiger charge is -2.25. The molecule has 0 radical (unpaired) electrons. The van der Waals surface area contributed by atoms with Crippen LogP contribution in [0.4, 0.5) is 5.69 Å². The Labute approximate surface area is 130 Å². The van der Waals surface area contributed by atoms with Crippen molar-refractivity contribution in [2.24, 2.45) is 0 Å². The first kappa shape index (κ1) is 14.6. The van der Waals surface area contributed by atoms with E-state index in [1.165, 1.54) is 11.1 Å². The Bertz CT molecular complexity index is 697. The highest BCUT2D eigenvalue weighted by Crippen LogP contribution is 2.29. The average Bonchev–Trinajstić information content (AvgIpc) is 2.54. The highest BCUT2D eigenvalue weighted by Gasteiger charge is 2.26. The number of nitrogens with one attached hydrogen (secondary N) is 1. The van der Waals surface area contributed by atoms with Gasteiger partial charge in [-0.1, -0.05) is 24.6 Å². The van der Waals surface area contributed by atoms with Gasteiger partial charge in [0.1, 0.15) is 5.75 Å². The van der Waals surface area contributed by atoms with Gasteiger partial charge in [0, 0.05) is 18.1 Å². The molecule has 1 amide bonds. The molecule has 1 atom stereocenters. The second kappa shape index (κ2) is 6.18. The molecule has 1 aromatic heterocycles. The van der Waals surface area contributed by atoms with Crippen LogP contribution in [0.1, 0.15) is 30.0 Å². The van der Waals surface area contributed by atoms with Gasteiger partial charge in [0.25, 0.3) is 5.91 Å². The van der Waals surface area contributed by atoms with Crippen LogP contribution in [0.25, 0.3) is 0 Å². The van der Waals surface area contributed by atoms with Crippen molar-refractivity contribution in [1.82, 2.24) is 4.98 Å². The second-order valence-corrected chi connectivity index (χ2v) is 5.63. The number of hydrogen-bond acceptors (Lipinski definition) is 3. The summed E-state index contributed by atoms with van der Waals surface area (Å²) in [6, 6.07) is 7.92. The number of nitrogens with zero attached hydrogens (tertiary/aromatic N) is 1. The Morgan fingerprint density at radius 3 is 3.09 bits per heavy atom. The molecular formula is C18H20N2O2. The van der Waals surface area contributed by atoms with Gasteiger partial charge in [-0.25, -0.2) is 0 Å². The van der Waals surface area contributed by atoms with Gasteiger partial charge >= 0.3 is 0 Å². The first-order valence-corrected chi connectivity index (χ1v) is 7.67. The smallest absolute Gasteiger partial charge is 0.265 e. The molecule has 0 fully saturated rings. The van der Waals surface area contributed by atoms with E-state index in [9.17, 15) is 4.79 Å². The topological polar surface area (TPSA) is 51.2 Å². The molecule has 0 spiro atoms. The summed E-state index contributed by atoms with van der Waals surface area (Å²) in [5.74, 6) is 0.731. The first-order valence-electron chi connectivity index (χ1n) is 7.67. The molecule has 1 aromatic carbocycles. The van der Waals surface area contributed by atoms with E-state index in [1.54, 1.807) is 12.4 Å². The van der Waals surface area contributed by atoms with Crippen molar-refractivity contribution in [3.8, 4) is 5.75 Å². The molecule has 22 heavy (non-hydrogen) atoms. The maximum absolute atomic E-state index is 12.5. The third-order valence-corrected chi connectivity index (χ3v) is 4.00. The normalized spacial score (nSPS) is 16.5. The van der Waals surface area contributed by atoms with Crippen molar-refractivity contribution < 1.29 is 9.53 Å². The summed E-state index contributed by atoms with van der Waals surface area (Å²) < 4.78 is 5.87. The Kier molecular flexibility index (Phi) is 4.09. The Morgan fingerprint density at radius 2 is 2.27 bits per heavy atom. The van der Waals surface area contributed by atoms with Crippen molar-refractivity contribution in [2.45, 2.75) is 39.2 Å². The fraction of sp³-hybridized carbons (Fsp3) is 0.333. The fourth-order valence-corrected chi connectivity index (χ4v) is 2.75. The number of amides is 1. The quantitative estimate of drug-likeness (QED) is 0.945. The number of pyridine rings is 1. The van der Waals surface area contributed by atoms with E-state index in [2.05, 4.69) is 23.3 Å². The summed E-state index contributed by atoms with van der Waals surface area (Å²) in [5.41, 5.74) is 4.25. The van der Waals surface area contributed by atoms with Gasteiger partial charge in [-0.05, 0) is 49.4 Å². The van der Waals surface area contributed by atoms with Crippen LogP contribution in [-0.2, 0) is 17.6 Å². The zero-order chi connectivity index (χ0) is 15.5. The lowest BCUT2D eigenvalue weighted by Crippen LogP contribution is -2.36. The van der Waals surface area contributed by atoms with E-state index in [0.29, 0.717) is 6.42 Å². The van der Waals surface area contributed by atoms with Crippen LogP contribution in [0.2, 0.25) is 0 Å². The lowest BCUT2D eigenvalue weighted by molar-refractivity contribution is -0.123. The van der Waals surface area contributed by atoms with Crippen molar-refractivity contribution in [3.05, 3.63) is 53.3 Å². The molecule has 0 saturated heterocycles. The third kappa shape index (κ3) is 2.96. The average molecular weight is 296 g/mol. The second-order valence-electron chi connectivity index (χ2n) is 5.63. The van der Waals surface area contributed by atoms with E-state index in [1.807, 2.05) is 25.1 Å². The molecule has 2 aromatic rings. The van der Waals surface area contributed by atoms with Gasteiger partial charge in [0.2, 0.25) is 0 Å². The van der Waals surface area contributed by atoms with Crippen molar-refractivity contribution in [3.63, 3.8) is 0 Å². The largest absolute Gasteiger partial charge is 0.480 e. The number of carbonyl (C=O) groups is 1. The minimum atomic E-state index is -0.437. The molecule has 1 N–H and O–H groups in total. The van der Waals surface area contributed by atoms with Crippen molar-refractivity contribution >= 4 is 11.6 Å². The van der Waals surface area contributed by atoms with Gasteiger partial charge in [-0.3, -0.25) is 9.78 Å². The predicted octanol–water partition coefficient (Wildman–Crippen LogP) is 3.28. The van der Waals surface area contributed by atoms with Gasteiger partial charge in [0.05, 0.1) is 0 Å². The monoisotopic (exact) mass is 296 g/mol. The van der Waals surface area contributed by atoms with Crippen LogP contribution in [0.15, 0.2) is 36.7 Å². The summed E-state index contributed by atoms with van der Waals surface area (Å²) in [6.45, 7) is 4.11. The number of aromatic nitrogens is 1. The van der Waals surface area contributed by atoms with Gasteiger partial charge < -0.3 is 10.1 Å². The van der Waals surface area contributed by atoms with E-state index in [4.69, 9.17) is 4.74 Å². The maximum Gasteiger partial charge on any atom is 0.265 e. The summed E-state index contributed by atoms with van der Waals surface area (Å²) >= 11 is 0. The molecule has 3 rings (SSSR count). The molecule has 0 saturated carbocycles. The molecular weight excluding hydrogens is 276 g/mol. The Morgan fingerprint density at radius 1 is 1.41 bits per heavy atom. The molecule has 4 heteroatoms. The van der Waals surface area contributed by atoms with E-state index < -0.39 is 6.10 Å². The molecule has 0 bridgehead atoms. The zero-order valence-electron chi connectivity index (χ0n) is 12.9. The van der Waals surface area contributed by atoms with Crippen molar-refractivity contribution in [1.29, 1.82) is 0 Å².